The van der Waals surface area contributed by atoms with E-state index in [1.165, 1.54) is 0 Å². The van der Waals surface area contributed by atoms with Crippen LogP contribution in [-0.4, -0.2) is 24.3 Å². The molecule has 0 aliphatic heterocycles. The quantitative estimate of drug-likeness (QED) is 0.770. The highest BCUT2D eigenvalue weighted by atomic mass is 35.5. The van der Waals surface area contributed by atoms with Gasteiger partial charge in [-0.2, -0.15) is 0 Å². The number of hydrogen-bond donors (Lipinski definition) is 0. The SMILES string of the molecule is COC1CCCC(Oc2cc(CCl)cc(C(C)(C)C)n2)C1. The minimum absolute atomic E-state index is 0.0121. The molecule has 3 nitrogen and oxygen atoms in total. The minimum atomic E-state index is -0.0121. The summed E-state index contributed by atoms with van der Waals surface area (Å²) in [6.45, 7) is 6.45. The molecule has 0 bridgehead atoms. The van der Waals surface area contributed by atoms with Crippen molar-refractivity contribution in [2.45, 2.75) is 70.0 Å². The highest BCUT2D eigenvalue weighted by molar-refractivity contribution is 6.17. The lowest BCUT2D eigenvalue weighted by Crippen LogP contribution is -2.30. The molecule has 118 valence electrons. The normalized spacial score (nSPS) is 23.1. The number of halogens is 1. The molecule has 1 fully saturated rings. The molecule has 1 heterocycles. The fourth-order valence-corrected chi connectivity index (χ4v) is 2.83. The molecule has 0 N–H and O–H groups in total. The van der Waals surface area contributed by atoms with Crippen LogP contribution >= 0.6 is 11.6 Å². The summed E-state index contributed by atoms with van der Waals surface area (Å²) < 4.78 is 11.6. The van der Waals surface area contributed by atoms with Gasteiger partial charge in [-0.15, -0.1) is 11.6 Å². The molecule has 0 aromatic carbocycles. The van der Waals surface area contributed by atoms with Crippen molar-refractivity contribution in [1.82, 2.24) is 4.98 Å². The molecule has 0 saturated heterocycles. The van der Waals surface area contributed by atoms with Crippen LogP contribution in [-0.2, 0) is 16.0 Å². The summed E-state index contributed by atoms with van der Waals surface area (Å²) >= 11 is 6.01. The topological polar surface area (TPSA) is 31.4 Å². The molecule has 2 unspecified atom stereocenters. The van der Waals surface area contributed by atoms with Gasteiger partial charge in [0.15, 0.2) is 0 Å². The Kier molecular flexibility index (Phi) is 5.50. The van der Waals surface area contributed by atoms with Crippen molar-refractivity contribution in [3.8, 4) is 5.88 Å². The van der Waals surface area contributed by atoms with Gasteiger partial charge in [-0.25, -0.2) is 4.98 Å². The molecule has 4 heteroatoms. The molecule has 1 aliphatic rings. The van der Waals surface area contributed by atoms with Crippen molar-refractivity contribution in [2.24, 2.45) is 0 Å². The van der Waals surface area contributed by atoms with Crippen molar-refractivity contribution in [3.63, 3.8) is 0 Å². The molecular formula is C17H26ClNO2. The lowest BCUT2D eigenvalue weighted by Gasteiger charge is -2.29. The highest BCUT2D eigenvalue weighted by Gasteiger charge is 2.24. The third-order valence-electron chi connectivity index (χ3n) is 3.98. The first kappa shape index (κ1) is 16.6. The number of nitrogens with zero attached hydrogens (tertiary/aromatic N) is 1. The smallest absolute Gasteiger partial charge is 0.214 e. The van der Waals surface area contributed by atoms with Gasteiger partial charge in [-0.05, 0) is 30.9 Å². The van der Waals surface area contributed by atoms with Gasteiger partial charge in [0.05, 0.1) is 11.8 Å². The van der Waals surface area contributed by atoms with Crippen LogP contribution in [0.5, 0.6) is 5.88 Å². The zero-order valence-electron chi connectivity index (χ0n) is 13.5. The lowest BCUT2D eigenvalue weighted by atomic mass is 9.91. The number of pyridine rings is 1. The van der Waals surface area contributed by atoms with Crippen molar-refractivity contribution < 1.29 is 9.47 Å². The first-order valence-electron chi connectivity index (χ1n) is 7.69. The summed E-state index contributed by atoms with van der Waals surface area (Å²) in [6.07, 6.45) is 4.77. The Hall–Kier alpha value is -0.800. The van der Waals surface area contributed by atoms with Crippen molar-refractivity contribution in [2.75, 3.05) is 7.11 Å². The molecule has 0 amide bonds. The molecule has 0 spiro atoms. The molecule has 1 aromatic heterocycles. The van der Waals surface area contributed by atoms with Crippen LogP contribution in [0.15, 0.2) is 12.1 Å². The monoisotopic (exact) mass is 311 g/mol. The zero-order chi connectivity index (χ0) is 15.5. The molecule has 2 atom stereocenters. The lowest BCUT2D eigenvalue weighted by molar-refractivity contribution is 0.0194. The second kappa shape index (κ2) is 6.97. The first-order valence-corrected chi connectivity index (χ1v) is 8.22. The van der Waals surface area contributed by atoms with Crippen molar-refractivity contribution >= 4 is 11.6 Å². The van der Waals surface area contributed by atoms with E-state index in [1.54, 1.807) is 7.11 Å². The third kappa shape index (κ3) is 4.58. The predicted molar refractivity (Wildman–Crippen MR) is 86.2 cm³/mol. The Morgan fingerprint density at radius 2 is 1.95 bits per heavy atom. The average molecular weight is 312 g/mol. The predicted octanol–water partition coefficient (Wildman–Crippen LogP) is 4.45. The Balaban J connectivity index is 2.15. The summed E-state index contributed by atoms with van der Waals surface area (Å²) in [7, 11) is 1.77. The summed E-state index contributed by atoms with van der Waals surface area (Å²) in [5.74, 6) is 1.17. The van der Waals surface area contributed by atoms with Crippen molar-refractivity contribution in [1.29, 1.82) is 0 Å². The Morgan fingerprint density at radius 3 is 2.57 bits per heavy atom. The van der Waals surface area contributed by atoms with Crippen molar-refractivity contribution in [3.05, 3.63) is 23.4 Å². The molecule has 1 aliphatic carbocycles. The molecule has 21 heavy (non-hydrogen) atoms. The largest absolute Gasteiger partial charge is 0.474 e. The maximum Gasteiger partial charge on any atom is 0.214 e. The van der Waals surface area contributed by atoms with E-state index in [-0.39, 0.29) is 11.5 Å². The van der Waals surface area contributed by atoms with E-state index in [2.05, 4.69) is 31.8 Å². The summed E-state index contributed by atoms with van der Waals surface area (Å²) in [5, 5.41) is 0. The molecular weight excluding hydrogens is 286 g/mol. The number of methoxy groups -OCH3 is 1. The number of aromatic nitrogens is 1. The summed E-state index contributed by atoms with van der Waals surface area (Å²) in [5.41, 5.74) is 2.07. The van der Waals surface area contributed by atoms with E-state index in [0.717, 1.165) is 36.9 Å². The van der Waals surface area contributed by atoms with E-state index >= 15 is 0 Å². The van der Waals surface area contributed by atoms with Gasteiger partial charge in [0, 0.05) is 30.9 Å². The Bertz CT molecular complexity index is 470. The van der Waals surface area contributed by atoms with Gasteiger partial charge in [-0.1, -0.05) is 20.8 Å². The Labute approximate surface area is 133 Å². The van der Waals surface area contributed by atoms with E-state index in [1.807, 2.05) is 6.07 Å². The maximum absolute atomic E-state index is 6.12. The van der Waals surface area contributed by atoms with Crippen LogP contribution in [0, 0.1) is 0 Å². The van der Waals surface area contributed by atoms with Gasteiger partial charge >= 0.3 is 0 Å². The van der Waals surface area contributed by atoms with E-state index < -0.39 is 0 Å². The van der Waals surface area contributed by atoms with E-state index in [9.17, 15) is 0 Å². The highest BCUT2D eigenvalue weighted by Crippen LogP contribution is 2.28. The molecule has 0 radical (unpaired) electrons. The number of hydrogen-bond acceptors (Lipinski definition) is 3. The summed E-state index contributed by atoms with van der Waals surface area (Å²) in [6, 6.07) is 4.03. The second-order valence-electron chi connectivity index (χ2n) is 6.85. The van der Waals surface area contributed by atoms with Gasteiger partial charge in [0.1, 0.15) is 6.10 Å². The standard InChI is InChI=1S/C17H26ClNO2/c1-17(2,3)15-8-12(11-18)9-16(19-15)21-14-7-5-6-13(10-14)20-4/h8-9,13-14H,5-7,10-11H2,1-4H3. The van der Waals surface area contributed by atoms with Crippen LogP contribution in [0.2, 0.25) is 0 Å². The van der Waals surface area contributed by atoms with Gasteiger partial charge in [-0.3, -0.25) is 0 Å². The Morgan fingerprint density at radius 1 is 1.24 bits per heavy atom. The van der Waals surface area contributed by atoms with Gasteiger partial charge in [0.2, 0.25) is 5.88 Å². The first-order chi connectivity index (χ1) is 9.92. The van der Waals surface area contributed by atoms with Gasteiger partial charge in [0.25, 0.3) is 0 Å². The van der Waals surface area contributed by atoms with E-state index in [4.69, 9.17) is 21.1 Å². The fourth-order valence-electron chi connectivity index (χ4n) is 2.67. The van der Waals surface area contributed by atoms with E-state index in [0.29, 0.717) is 17.9 Å². The van der Waals surface area contributed by atoms with Crippen LogP contribution in [0.1, 0.15) is 57.7 Å². The molecule has 2 rings (SSSR count). The average Bonchev–Trinajstić information content (AvgIpc) is 2.46. The second-order valence-corrected chi connectivity index (χ2v) is 7.11. The number of alkyl halides is 1. The van der Waals surface area contributed by atoms with Crippen LogP contribution < -0.4 is 4.74 Å². The molecule has 1 saturated carbocycles. The van der Waals surface area contributed by atoms with Crippen LogP contribution in [0.25, 0.3) is 0 Å². The zero-order valence-corrected chi connectivity index (χ0v) is 14.2. The minimum Gasteiger partial charge on any atom is -0.474 e. The number of ether oxygens (including phenoxy) is 2. The third-order valence-corrected chi connectivity index (χ3v) is 4.29. The fraction of sp³-hybridized carbons (Fsp3) is 0.706. The maximum atomic E-state index is 6.12. The van der Waals surface area contributed by atoms with Gasteiger partial charge < -0.3 is 9.47 Å². The molecule has 1 aromatic rings. The summed E-state index contributed by atoms with van der Waals surface area (Å²) in [4.78, 5) is 4.68. The van der Waals surface area contributed by atoms with Crippen LogP contribution in [0.3, 0.4) is 0 Å². The van der Waals surface area contributed by atoms with Crippen LogP contribution in [0.4, 0.5) is 0 Å². The number of rotatable bonds is 4.